The fourth-order valence-electron chi connectivity index (χ4n) is 2.15. The smallest absolute Gasteiger partial charge is 0.0607 e. The van der Waals surface area contributed by atoms with Gasteiger partial charge in [-0.1, -0.05) is 26.3 Å². The largest absolute Gasteiger partial charge is 0.384 e. The zero-order chi connectivity index (χ0) is 14.2. The predicted octanol–water partition coefficient (Wildman–Crippen LogP) is 4.92. The molecule has 20 heavy (non-hydrogen) atoms. The lowest BCUT2D eigenvalue weighted by molar-refractivity contribution is 0.687. The first-order valence-corrected chi connectivity index (χ1v) is 8.20. The van der Waals surface area contributed by atoms with Gasteiger partial charge in [0.2, 0.25) is 0 Å². The van der Waals surface area contributed by atoms with Crippen molar-refractivity contribution in [2.24, 2.45) is 0 Å². The van der Waals surface area contributed by atoms with Gasteiger partial charge in [-0.25, -0.2) is 0 Å². The molecule has 0 aliphatic heterocycles. The standard InChI is InChI=1S/C16H23N3S/c1-3-6-15(16-7-5-9-20-16)19-14-10-13(11-17-12-14)18-8-4-2/h5,7,9-12,15,18-19H,3-4,6,8H2,1-2H3. The first-order chi connectivity index (χ1) is 9.83. The lowest BCUT2D eigenvalue weighted by atomic mass is 10.1. The second-order valence-electron chi connectivity index (χ2n) is 4.89. The normalized spacial score (nSPS) is 12.1. The van der Waals surface area contributed by atoms with Gasteiger partial charge in [-0.15, -0.1) is 11.3 Å². The average molecular weight is 289 g/mol. The Balaban J connectivity index is 2.06. The number of thiophene rings is 1. The van der Waals surface area contributed by atoms with E-state index in [4.69, 9.17) is 0 Å². The highest BCUT2D eigenvalue weighted by molar-refractivity contribution is 7.10. The Morgan fingerprint density at radius 2 is 2.05 bits per heavy atom. The molecule has 2 aromatic rings. The fourth-order valence-corrected chi connectivity index (χ4v) is 2.96. The van der Waals surface area contributed by atoms with E-state index in [0.29, 0.717) is 6.04 Å². The van der Waals surface area contributed by atoms with Gasteiger partial charge in [0.15, 0.2) is 0 Å². The molecule has 0 aromatic carbocycles. The molecule has 108 valence electrons. The first kappa shape index (κ1) is 14.9. The second kappa shape index (κ2) is 7.90. The van der Waals surface area contributed by atoms with Crippen LogP contribution in [-0.2, 0) is 0 Å². The zero-order valence-electron chi connectivity index (χ0n) is 12.2. The molecule has 0 saturated carbocycles. The van der Waals surface area contributed by atoms with Crippen molar-refractivity contribution in [3.63, 3.8) is 0 Å². The Labute approximate surface area is 125 Å². The highest BCUT2D eigenvalue weighted by Gasteiger charge is 2.11. The van der Waals surface area contributed by atoms with Crippen molar-refractivity contribution < 1.29 is 0 Å². The van der Waals surface area contributed by atoms with Crippen LogP contribution in [0.5, 0.6) is 0 Å². The van der Waals surface area contributed by atoms with Gasteiger partial charge in [-0.3, -0.25) is 4.98 Å². The molecule has 0 aliphatic carbocycles. The number of pyridine rings is 1. The highest BCUT2D eigenvalue weighted by atomic mass is 32.1. The molecule has 2 aromatic heterocycles. The maximum atomic E-state index is 4.31. The first-order valence-electron chi connectivity index (χ1n) is 7.32. The van der Waals surface area contributed by atoms with E-state index in [1.165, 1.54) is 4.88 Å². The average Bonchev–Trinajstić information content (AvgIpc) is 2.99. The minimum absolute atomic E-state index is 0.378. The molecular formula is C16H23N3S. The summed E-state index contributed by atoms with van der Waals surface area (Å²) in [5, 5.41) is 9.12. The van der Waals surface area contributed by atoms with E-state index < -0.39 is 0 Å². The topological polar surface area (TPSA) is 37.0 Å². The van der Waals surface area contributed by atoms with E-state index in [1.54, 1.807) is 0 Å². The lowest BCUT2D eigenvalue weighted by Crippen LogP contribution is -2.10. The summed E-state index contributed by atoms with van der Waals surface area (Å²) in [5.41, 5.74) is 2.16. The van der Waals surface area contributed by atoms with Crippen LogP contribution in [0.1, 0.15) is 44.0 Å². The van der Waals surface area contributed by atoms with E-state index >= 15 is 0 Å². The molecule has 0 aliphatic rings. The monoisotopic (exact) mass is 289 g/mol. The van der Waals surface area contributed by atoms with Crippen LogP contribution in [0.3, 0.4) is 0 Å². The number of anilines is 2. The van der Waals surface area contributed by atoms with Gasteiger partial charge in [0.25, 0.3) is 0 Å². The Hall–Kier alpha value is -1.55. The summed E-state index contributed by atoms with van der Waals surface area (Å²) in [6.07, 6.45) is 7.18. The van der Waals surface area contributed by atoms with Gasteiger partial charge in [0.1, 0.15) is 0 Å². The van der Waals surface area contributed by atoms with Crippen LogP contribution in [0, 0.1) is 0 Å². The summed E-state index contributed by atoms with van der Waals surface area (Å²) < 4.78 is 0. The van der Waals surface area contributed by atoms with Crippen molar-refractivity contribution >= 4 is 22.7 Å². The molecule has 0 fully saturated rings. The van der Waals surface area contributed by atoms with Gasteiger partial charge in [-0.05, 0) is 30.4 Å². The van der Waals surface area contributed by atoms with Crippen LogP contribution in [0.15, 0.2) is 36.0 Å². The number of hydrogen-bond acceptors (Lipinski definition) is 4. The molecule has 1 unspecified atom stereocenters. The van der Waals surface area contributed by atoms with Crippen molar-refractivity contribution in [2.45, 2.75) is 39.2 Å². The molecular weight excluding hydrogens is 266 g/mol. The number of nitrogens with one attached hydrogen (secondary N) is 2. The van der Waals surface area contributed by atoms with E-state index in [0.717, 1.165) is 37.2 Å². The van der Waals surface area contributed by atoms with Crippen LogP contribution in [0.2, 0.25) is 0 Å². The molecule has 3 nitrogen and oxygen atoms in total. The summed E-state index contributed by atoms with van der Waals surface area (Å²) in [7, 11) is 0. The lowest BCUT2D eigenvalue weighted by Gasteiger charge is -2.18. The van der Waals surface area contributed by atoms with Crippen LogP contribution >= 0.6 is 11.3 Å². The third kappa shape index (κ3) is 4.23. The molecule has 0 bridgehead atoms. The van der Waals surface area contributed by atoms with Crippen LogP contribution < -0.4 is 10.6 Å². The van der Waals surface area contributed by atoms with Gasteiger partial charge < -0.3 is 10.6 Å². The van der Waals surface area contributed by atoms with E-state index in [1.807, 2.05) is 23.7 Å². The molecule has 2 heterocycles. The van der Waals surface area contributed by atoms with E-state index in [9.17, 15) is 0 Å². The Morgan fingerprint density at radius 1 is 1.20 bits per heavy atom. The van der Waals surface area contributed by atoms with Crippen molar-refractivity contribution in [3.8, 4) is 0 Å². The second-order valence-corrected chi connectivity index (χ2v) is 5.87. The van der Waals surface area contributed by atoms with Crippen molar-refractivity contribution in [1.29, 1.82) is 0 Å². The van der Waals surface area contributed by atoms with Crippen molar-refractivity contribution in [3.05, 3.63) is 40.8 Å². The molecule has 2 rings (SSSR count). The van der Waals surface area contributed by atoms with Crippen LogP contribution in [0.25, 0.3) is 0 Å². The fraction of sp³-hybridized carbons (Fsp3) is 0.438. The highest BCUT2D eigenvalue weighted by Crippen LogP contribution is 2.27. The SMILES string of the molecule is CCCNc1cncc(NC(CCC)c2cccs2)c1. The number of rotatable bonds is 8. The van der Waals surface area contributed by atoms with Gasteiger partial charge in [-0.2, -0.15) is 0 Å². The quantitative estimate of drug-likeness (QED) is 0.724. The zero-order valence-corrected chi connectivity index (χ0v) is 13.0. The van der Waals surface area contributed by atoms with E-state index in [-0.39, 0.29) is 0 Å². The minimum atomic E-state index is 0.378. The summed E-state index contributed by atoms with van der Waals surface area (Å²) in [5.74, 6) is 0. The maximum absolute atomic E-state index is 4.31. The Morgan fingerprint density at radius 3 is 2.75 bits per heavy atom. The number of aromatic nitrogens is 1. The van der Waals surface area contributed by atoms with Gasteiger partial charge >= 0.3 is 0 Å². The third-order valence-electron chi connectivity index (χ3n) is 3.12. The van der Waals surface area contributed by atoms with E-state index in [2.05, 4.69) is 53.0 Å². The molecule has 0 saturated heterocycles. The molecule has 2 N–H and O–H groups in total. The summed E-state index contributed by atoms with van der Waals surface area (Å²) in [6.45, 7) is 5.37. The molecule has 0 spiro atoms. The van der Waals surface area contributed by atoms with Crippen LogP contribution in [-0.4, -0.2) is 11.5 Å². The van der Waals surface area contributed by atoms with Crippen molar-refractivity contribution in [2.75, 3.05) is 17.2 Å². The Bertz CT molecular complexity index is 496. The third-order valence-corrected chi connectivity index (χ3v) is 4.11. The molecule has 1 atom stereocenters. The molecule has 4 heteroatoms. The summed E-state index contributed by atoms with van der Waals surface area (Å²) in [6, 6.07) is 6.83. The number of nitrogens with zero attached hydrogens (tertiary/aromatic N) is 1. The number of hydrogen-bond donors (Lipinski definition) is 2. The van der Waals surface area contributed by atoms with Crippen LogP contribution in [0.4, 0.5) is 11.4 Å². The summed E-state index contributed by atoms with van der Waals surface area (Å²) in [4.78, 5) is 5.70. The summed E-state index contributed by atoms with van der Waals surface area (Å²) >= 11 is 1.81. The Kier molecular flexibility index (Phi) is 5.87. The minimum Gasteiger partial charge on any atom is -0.384 e. The molecule has 0 amide bonds. The van der Waals surface area contributed by atoms with Gasteiger partial charge in [0, 0.05) is 11.4 Å². The molecule has 0 radical (unpaired) electrons. The van der Waals surface area contributed by atoms with Gasteiger partial charge in [0.05, 0.1) is 29.8 Å². The predicted molar refractivity (Wildman–Crippen MR) is 88.6 cm³/mol. The maximum Gasteiger partial charge on any atom is 0.0607 e. The van der Waals surface area contributed by atoms with Crippen molar-refractivity contribution in [1.82, 2.24) is 4.98 Å².